The summed E-state index contributed by atoms with van der Waals surface area (Å²) in [6.07, 6.45) is -6.98. The van der Waals surface area contributed by atoms with Gasteiger partial charge in [-0.05, 0) is 12.8 Å². The van der Waals surface area contributed by atoms with Crippen LogP contribution in [0.2, 0.25) is 0 Å². The van der Waals surface area contributed by atoms with E-state index in [1.54, 1.807) is 6.08 Å². The highest BCUT2D eigenvalue weighted by atomic mass is 32.1. The Morgan fingerprint density at radius 3 is 2.79 bits per heavy atom. The fourth-order valence-electron chi connectivity index (χ4n) is 3.46. The molecule has 0 fully saturated rings. The van der Waals surface area contributed by atoms with Gasteiger partial charge in [-0.25, -0.2) is 4.79 Å². The summed E-state index contributed by atoms with van der Waals surface area (Å²) in [5.41, 5.74) is 0.502. The first kappa shape index (κ1) is 14.0. The summed E-state index contributed by atoms with van der Waals surface area (Å²) in [6, 6.07) is 0. The lowest BCUT2D eigenvalue weighted by molar-refractivity contribution is -0.919. The predicted octanol–water partition coefficient (Wildman–Crippen LogP) is 6.59. The lowest BCUT2D eigenvalue weighted by Gasteiger charge is -2.36. The van der Waals surface area contributed by atoms with Crippen LogP contribution in [0.3, 0.4) is 0 Å². The molecule has 2 heterocycles. The molecule has 33 heavy (non-hydrogen) atoms. The number of hydrogen-bond donors (Lipinski definition) is 0. The molecule has 0 saturated carbocycles. The van der Waals surface area contributed by atoms with Gasteiger partial charge in [0.1, 0.15) is 12.2 Å². The van der Waals surface area contributed by atoms with E-state index >= 15 is 0 Å². The Labute approximate surface area is 222 Å². The molecule has 1 aromatic heterocycles. The summed E-state index contributed by atoms with van der Waals surface area (Å²) in [5.74, 6) is -0.524. The van der Waals surface area contributed by atoms with E-state index < -0.39 is 50.9 Å². The van der Waals surface area contributed by atoms with E-state index in [0.717, 1.165) is 25.7 Å². The largest absolute Gasteiger partial charge is 0.512 e. The number of carbonyl (C=O) groups excluding carboxylic acids is 1. The Bertz CT molecular complexity index is 1190. The first-order valence-electron chi connectivity index (χ1n) is 17.8. The van der Waals surface area contributed by atoms with Crippen LogP contribution in [0.1, 0.15) is 114 Å². The number of quaternary nitrogens is 1. The summed E-state index contributed by atoms with van der Waals surface area (Å²) in [4.78, 5) is 12.2. The predicted molar refractivity (Wildman–Crippen MR) is 133 cm³/mol. The number of unbranched alkanes of at least 4 members (excludes halogenated alkanes) is 6. The zero-order valence-electron chi connectivity index (χ0n) is 32.4. The van der Waals surface area contributed by atoms with Crippen LogP contribution in [0.15, 0.2) is 6.08 Å². The number of rotatable bonds is 17. The van der Waals surface area contributed by atoms with Gasteiger partial charge in [0.2, 0.25) is 6.73 Å². The van der Waals surface area contributed by atoms with Gasteiger partial charge in [-0.3, -0.25) is 4.48 Å². The van der Waals surface area contributed by atoms with Crippen LogP contribution in [0.4, 0.5) is 4.79 Å². The Kier molecular flexibility index (Phi) is 6.82. The number of aromatic nitrogens is 2. The maximum atomic E-state index is 12.2. The monoisotopic (exact) mass is 495 g/mol. The second kappa shape index (κ2) is 16.0. The summed E-state index contributed by atoms with van der Waals surface area (Å²) in [6.45, 7) is -4.25. The van der Waals surface area contributed by atoms with Crippen molar-refractivity contribution in [2.24, 2.45) is 0 Å². The molecule has 1 aromatic rings. The van der Waals surface area contributed by atoms with Crippen molar-refractivity contribution in [1.82, 2.24) is 8.75 Å². The Balaban J connectivity index is 2.09. The molecular weight excluding hydrogens is 438 g/mol. The van der Waals surface area contributed by atoms with Gasteiger partial charge in [-0.1, -0.05) is 77.5 Å². The van der Waals surface area contributed by atoms with Crippen molar-refractivity contribution < 1.29 is 41.3 Å². The van der Waals surface area contributed by atoms with Crippen molar-refractivity contribution in [2.75, 3.05) is 40.0 Å². The molecule has 2 rings (SSSR count). The minimum absolute atomic E-state index is 0.0108. The summed E-state index contributed by atoms with van der Waals surface area (Å²) < 4.78 is 127. The third kappa shape index (κ3) is 10.9. The van der Waals surface area contributed by atoms with Crippen molar-refractivity contribution in [3.05, 3.63) is 11.8 Å². The fraction of sp³-hybridized carbons (Fsp3) is 0.800. The Morgan fingerprint density at radius 2 is 1.97 bits per heavy atom. The molecule has 0 aliphatic carbocycles. The maximum absolute atomic E-state index is 12.2. The Hall–Kier alpha value is -1.67. The highest BCUT2D eigenvalue weighted by molar-refractivity contribution is 6.99. The summed E-state index contributed by atoms with van der Waals surface area (Å²) >= 11 is 0.599. The van der Waals surface area contributed by atoms with Crippen LogP contribution < -0.4 is 4.74 Å². The van der Waals surface area contributed by atoms with Crippen molar-refractivity contribution in [3.63, 3.8) is 0 Å². The molecule has 0 spiro atoms. The van der Waals surface area contributed by atoms with Crippen LogP contribution in [-0.4, -0.2) is 59.4 Å². The molecule has 0 amide bonds. The average molecular weight is 496 g/mol. The number of likely N-dealkylation sites (N-methyl/N-ethyl adjacent to an activating group) is 1. The second-order valence-corrected chi connectivity index (χ2v) is 8.66. The average Bonchev–Trinajstić information content (AvgIpc) is 3.40. The Morgan fingerprint density at radius 1 is 1.15 bits per heavy atom. The van der Waals surface area contributed by atoms with Gasteiger partial charge in [0, 0.05) is 27.1 Å². The van der Waals surface area contributed by atoms with E-state index in [1.165, 1.54) is 19.3 Å². The van der Waals surface area contributed by atoms with Gasteiger partial charge in [0.05, 0.1) is 41.2 Å². The van der Waals surface area contributed by atoms with Crippen molar-refractivity contribution >= 4 is 23.5 Å². The van der Waals surface area contributed by atoms with Crippen LogP contribution in [0.25, 0.3) is 5.57 Å². The van der Waals surface area contributed by atoms with Crippen LogP contribution in [0, 0.1) is 0 Å². The van der Waals surface area contributed by atoms with Gasteiger partial charge >= 0.3 is 6.16 Å². The molecule has 0 aromatic carbocycles. The number of hydrogen-bond acceptors (Lipinski definition) is 7. The SMILES string of the molecule is [2H]C([2H])([2H])C([2H])([2H])C([2H])([2H])C([2H])([2H])C([2H])([2H])C([2H])([2H])Oc1nsnc1C1=CCC[N+](C)(COC(=O)OCCCCCCCCC)C1. The van der Waals surface area contributed by atoms with Gasteiger partial charge < -0.3 is 14.2 Å². The fourth-order valence-corrected chi connectivity index (χ4v) is 3.97. The van der Waals surface area contributed by atoms with Crippen molar-refractivity contribution in [2.45, 2.75) is 90.6 Å². The number of nitrogens with zero attached hydrogens (tertiary/aromatic N) is 3. The maximum Gasteiger partial charge on any atom is 0.512 e. The second-order valence-electron chi connectivity index (χ2n) is 8.13. The molecule has 1 aliphatic rings. The molecule has 0 saturated heterocycles. The third-order valence-corrected chi connectivity index (χ3v) is 5.73. The molecule has 1 aliphatic heterocycles. The normalized spacial score (nSPS) is 26.5. The lowest BCUT2D eigenvalue weighted by atomic mass is 10.1. The minimum atomic E-state index is -4.06. The van der Waals surface area contributed by atoms with Gasteiger partial charge in [0.25, 0.3) is 5.88 Å². The van der Waals surface area contributed by atoms with Crippen molar-refractivity contribution in [3.8, 4) is 5.88 Å². The quantitative estimate of drug-likeness (QED) is 0.138. The number of ether oxygens (including phenoxy) is 3. The first-order valence-corrected chi connectivity index (χ1v) is 12.0. The molecule has 0 radical (unpaired) electrons. The minimum Gasteiger partial charge on any atom is -0.475 e. The van der Waals surface area contributed by atoms with Gasteiger partial charge in [-0.2, -0.15) is 4.37 Å². The highest BCUT2D eigenvalue weighted by Gasteiger charge is 2.31. The number of carbonyl (C=O) groups is 1. The van der Waals surface area contributed by atoms with Crippen LogP contribution in [0.5, 0.6) is 5.88 Å². The molecule has 0 bridgehead atoms. The van der Waals surface area contributed by atoms with E-state index in [2.05, 4.69) is 15.7 Å². The van der Waals surface area contributed by atoms with E-state index in [0.29, 0.717) is 30.3 Å². The van der Waals surface area contributed by atoms with Crippen molar-refractivity contribution in [1.29, 1.82) is 0 Å². The van der Waals surface area contributed by atoms with Crippen LogP contribution >= 0.6 is 11.7 Å². The van der Waals surface area contributed by atoms with Gasteiger partial charge in [-0.15, -0.1) is 4.37 Å². The highest BCUT2D eigenvalue weighted by Crippen LogP contribution is 2.30. The topological polar surface area (TPSA) is 70.5 Å². The molecular formula is C25H44N3O4S+. The molecule has 7 nitrogen and oxygen atoms in total. The molecule has 0 N–H and O–H groups in total. The lowest BCUT2D eigenvalue weighted by Crippen LogP contribution is -2.49. The van der Waals surface area contributed by atoms with E-state index in [9.17, 15) is 4.79 Å². The van der Waals surface area contributed by atoms with E-state index in [-0.39, 0.29) is 30.1 Å². The zero-order chi connectivity index (χ0) is 35.2. The first-order chi connectivity index (χ1) is 21.0. The summed E-state index contributed by atoms with van der Waals surface area (Å²) in [5, 5.41) is 0. The van der Waals surface area contributed by atoms with Crippen LogP contribution in [-0.2, 0) is 9.47 Å². The molecule has 1 unspecified atom stereocenters. The van der Waals surface area contributed by atoms with Gasteiger partial charge in [0.15, 0.2) is 0 Å². The third-order valence-electron chi connectivity index (χ3n) is 5.22. The summed E-state index contributed by atoms with van der Waals surface area (Å²) in [7, 11) is 1.81. The molecule has 8 heteroatoms. The molecule has 188 valence electrons. The molecule has 1 atom stereocenters. The standard InChI is InChI=1S/C25H44N3O4S/c1-4-6-8-10-11-12-14-19-31-25(29)32-21-28(3)17-15-16-22(20-28)23-24(27-33-26-23)30-18-13-9-7-5-2/h16H,4-15,17-21H2,1-3H3/q+1/i2D3,5D2,7D2,9D2,13D2,18D2. The van der Waals surface area contributed by atoms with E-state index in [4.69, 9.17) is 32.0 Å². The zero-order valence-corrected chi connectivity index (χ0v) is 20.3. The smallest absolute Gasteiger partial charge is 0.475 e. The van der Waals surface area contributed by atoms with E-state index in [1.807, 2.05) is 7.05 Å².